The Labute approximate surface area is 127 Å². The molecule has 1 N–H and O–H groups in total. The topological polar surface area (TPSA) is 62.2 Å². The van der Waals surface area contributed by atoms with E-state index in [0.29, 0.717) is 25.4 Å². The van der Waals surface area contributed by atoms with E-state index < -0.39 is 6.10 Å². The van der Waals surface area contributed by atoms with Gasteiger partial charge in [0.25, 0.3) is 0 Å². The van der Waals surface area contributed by atoms with Gasteiger partial charge in [-0.15, -0.1) is 0 Å². The van der Waals surface area contributed by atoms with Gasteiger partial charge in [-0.05, 0) is 5.92 Å². The van der Waals surface area contributed by atoms with E-state index in [0.717, 1.165) is 26.2 Å². The van der Waals surface area contributed by atoms with Crippen LogP contribution in [0.25, 0.3) is 0 Å². The Morgan fingerprint density at radius 2 is 2.19 bits per heavy atom. The summed E-state index contributed by atoms with van der Waals surface area (Å²) in [6.45, 7) is 9.29. The number of esters is 1. The first-order chi connectivity index (χ1) is 9.99. The molecule has 2 aliphatic heterocycles. The number of rotatable bonds is 5. The molecule has 0 spiro atoms. The van der Waals surface area contributed by atoms with E-state index in [1.165, 1.54) is 7.11 Å². The van der Waals surface area contributed by atoms with Gasteiger partial charge in [0, 0.05) is 39.1 Å². The lowest BCUT2D eigenvalue weighted by molar-refractivity contribution is -0.146. The van der Waals surface area contributed by atoms with Crippen LogP contribution in [-0.2, 0) is 14.3 Å². The summed E-state index contributed by atoms with van der Waals surface area (Å²) in [7, 11) is 1.40. The number of ether oxygens (including phenoxy) is 2. The fraction of sp³-hybridized carbons (Fsp3) is 0.933. The summed E-state index contributed by atoms with van der Waals surface area (Å²) in [5.74, 6) is 0.376. The van der Waals surface area contributed by atoms with Crippen molar-refractivity contribution in [1.82, 2.24) is 9.80 Å². The van der Waals surface area contributed by atoms with Crippen LogP contribution in [0.4, 0.5) is 0 Å². The summed E-state index contributed by atoms with van der Waals surface area (Å²) < 4.78 is 10.7. The highest BCUT2D eigenvalue weighted by molar-refractivity contribution is 5.76. The summed E-state index contributed by atoms with van der Waals surface area (Å²) in [5, 5.41) is 9.81. The van der Waals surface area contributed by atoms with Gasteiger partial charge in [0.05, 0.1) is 25.9 Å². The predicted molar refractivity (Wildman–Crippen MR) is 79.0 cm³/mol. The maximum atomic E-state index is 11.8. The molecule has 0 aromatic rings. The summed E-state index contributed by atoms with van der Waals surface area (Å²) in [5.41, 5.74) is 0. The van der Waals surface area contributed by atoms with Gasteiger partial charge in [-0.2, -0.15) is 0 Å². The lowest BCUT2D eigenvalue weighted by atomic mass is 10.1. The monoisotopic (exact) mass is 300 g/mol. The van der Waals surface area contributed by atoms with Crippen molar-refractivity contribution in [1.29, 1.82) is 0 Å². The Hall–Kier alpha value is -0.690. The normalized spacial score (nSPS) is 31.8. The molecule has 2 fully saturated rings. The third kappa shape index (κ3) is 4.64. The number of likely N-dealkylation sites (tertiary alicyclic amines) is 1. The van der Waals surface area contributed by atoms with Crippen LogP contribution in [0.3, 0.4) is 0 Å². The van der Waals surface area contributed by atoms with Crippen LogP contribution in [0.1, 0.15) is 20.3 Å². The van der Waals surface area contributed by atoms with E-state index in [2.05, 4.69) is 18.7 Å². The summed E-state index contributed by atoms with van der Waals surface area (Å²) in [4.78, 5) is 16.2. The molecule has 0 aliphatic carbocycles. The van der Waals surface area contributed by atoms with E-state index >= 15 is 0 Å². The second-order valence-corrected chi connectivity index (χ2v) is 6.53. The summed E-state index contributed by atoms with van der Waals surface area (Å²) in [6, 6.07) is -0.339. The zero-order valence-corrected chi connectivity index (χ0v) is 13.3. The molecule has 0 bridgehead atoms. The van der Waals surface area contributed by atoms with E-state index in [1.54, 1.807) is 0 Å². The standard InChI is InChI=1S/C15H28N2O4/c1-11(2)7-16-4-5-21-13(9-16)10-17-8-12(18)6-14(17)15(19)20-3/h11-14,18H,4-10H2,1-3H3. The first kappa shape index (κ1) is 16.7. The molecule has 0 amide bonds. The van der Waals surface area contributed by atoms with Crippen molar-refractivity contribution in [2.75, 3.05) is 46.4 Å². The highest BCUT2D eigenvalue weighted by atomic mass is 16.5. The molecule has 2 heterocycles. The van der Waals surface area contributed by atoms with E-state index in [9.17, 15) is 9.90 Å². The van der Waals surface area contributed by atoms with Gasteiger partial charge in [-0.3, -0.25) is 14.6 Å². The molecular weight excluding hydrogens is 272 g/mol. The van der Waals surface area contributed by atoms with E-state index in [1.807, 2.05) is 4.90 Å². The average molecular weight is 300 g/mol. The molecule has 0 saturated carbocycles. The SMILES string of the molecule is COC(=O)C1CC(O)CN1CC1CN(CC(C)C)CCO1. The highest BCUT2D eigenvalue weighted by Gasteiger charge is 2.38. The van der Waals surface area contributed by atoms with E-state index in [4.69, 9.17) is 9.47 Å². The van der Waals surface area contributed by atoms with Gasteiger partial charge in [-0.25, -0.2) is 0 Å². The Morgan fingerprint density at radius 3 is 2.86 bits per heavy atom. The molecule has 0 radical (unpaired) electrons. The number of aliphatic hydroxyl groups is 1. The smallest absolute Gasteiger partial charge is 0.323 e. The van der Waals surface area contributed by atoms with Crippen molar-refractivity contribution in [2.24, 2.45) is 5.92 Å². The minimum Gasteiger partial charge on any atom is -0.468 e. The molecule has 21 heavy (non-hydrogen) atoms. The number of β-amino-alcohol motifs (C(OH)–C–C–N with tert-alkyl or cyclic N) is 1. The Balaban J connectivity index is 1.88. The molecule has 3 atom stereocenters. The lowest BCUT2D eigenvalue weighted by Gasteiger charge is -2.36. The quantitative estimate of drug-likeness (QED) is 0.719. The molecule has 6 nitrogen and oxygen atoms in total. The minimum atomic E-state index is -0.454. The fourth-order valence-electron chi connectivity index (χ4n) is 3.30. The molecule has 0 aromatic carbocycles. The zero-order valence-electron chi connectivity index (χ0n) is 13.3. The highest BCUT2D eigenvalue weighted by Crippen LogP contribution is 2.21. The number of carbonyl (C=O) groups is 1. The van der Waals surface area contributed by atoms with Crippen molar-refractivity contribution < 1.29 is 19.4 Å². The first-order valence-corrected chi connectivity index (χ1v) is 7.83. The molecule has 3 unspecified atom stereocenters. The van der Waals surface area contributed by atoms with Crippen LogP contribution in [0.5, 0.6) is 0 Å². The molecule has 6 heteroatoms. The fourth-order valence-corrected chi connectivity index (χ4v) is 3.30. The molecule has 2 saturated heterocycles. The van der Waals surface area contributed by atoms with Crippen LogP contribution < -0.4 is 0 Å². The molecule has 122 valence electrons. The van der Waals surface area contributed by atoms with Crippen molar-refractivity contribution in [3.05, 3.63) is 0 Å². The van der Waals surface area contributed by atoms with Crippen molar-refractivity contribution >= 4 is 5.97 Å². The molecule has 2 aliphatic rings. The second kappa shape index (κ2) is 7.54. The van der Waals surface area contributed by atoms with Crippen LogP contribution >= 0.6 is 0 Å². The van der Waals surface area contributed by atoms with Gasteiger partial charge < -0.3 is 14.6 Å². The van der Waals surface area contributed by atoms with Crippen molar-refractivity contribution in [2.45, 2.75) is 38.5 Å². The zero-order chi connectivity index (χ0) is 15.4. The van der Waals surface area contributed by atoms with Gasteiger partial charge in [-0.1, -0.05) is 13.8 Å². The third-order valence-corrected chi connectivity index (χ3v) is 4.14. The van der Waals surface area contributed by atoms with Gasteiger partial charge in [0.2, 0.25) is 0 Å². The van der Waals surface area contributed by atoms with Gasteiger partial charge in [0.1, 0.15) is 6.04 Å². The van der Waals surface area contributed by atoms with Crippen LogP contribution in [-0.4, -0.2) is 85.6 Å². The van der Waals surface area contributed by atoms with Crippen LogP contribution in [0.2, 0.25) is 0 Å². The Morgan fingerprint density at radius 1 is 1.43 bits per heavy atom. The maximum absolute atomic E-state index is 11.8. The number of hydrogen-bond acceptors (Lipinski definition) is 6. The minimum absolute atomic E-state index is 0.0926. The Bertz CT molecular complexity index is 351. The third-order valence-electron chi connectivity index (χ3n) is 4.14. The van der Waals surface area contributed by atoms with Gasteiger partial charge >= 0.3 is 5.97 Å². The van der Waals surface area contributed by atoms with E-state index in [-0.39, 0.29) is 18.1 Å². The molecule has 0 aromatic heterocycles. The number of carbonyl (C=O) groups excluding carboxylic acids is 1. The Kier molecular flexibility index (Phi) is 5.98. The average Bonchev–Trinajstić information content (AvgIpc) is 2.78. The second-order valence-electron chi connectivity index (χ2n) is 6.53. The maximum Gasteiger partial charge on any atom is 0.323 e. The number of hydrogen-bond donors (Lipinski definition) is 1. The molecule has 2 rings (SSSR count). The van der Waals surface area contributed by atoms with Crippen LogP contribution in [0.15, 0.2) is 0 Å². The van der Waals surface area contributed by atoms with Crippen molar-refractivity contribution in [3.8, 4) is 0 Å². The summed E-state index contributed by atoms with van der Waals surface area (Å²) >= 11 is 0. The van der Waals surface area contributed by atoms with Crippen molar-refractivity contribution in [3.63, 3.8) is 0 Å². The number of morpholine rings is 1. The molecular formula is C15H28N2O4. The number of aliphatic hydroxyl groups excluding tert-OH is 1. The van der Waals surface area contributed by atoms with Crippen LogP contribution in [0, 0.1) is 5.92 Å². The number of nitrogens with zero attached hydrogens (tertiary/aromatic N) is 2. The number of methoxy groups -OCH3 is 1. The lowest BCUT2D eigenvalue weighted by Crippen LogP contribution is -2.50. The predicted octanol–water partition coefficient (Wildman–Crippen LogP) is -0.0486. The van der Waals surface area contributed by atoms with Gasteiger partial charge in [0.15, 0.2) is 0 Å². The summed E-state index contributed by atoms with van der Waals surface area (Å²) in [6.07, 6.45) is 0.0918. The largest absolute Gasteiger partial charge is 0.468 e. The first-order valence-electron chi connectivity index (χ1n) is 7.83.